The second-order valence-corrected chi connectivity index (χ2v) is 5.09. The minimum absolute atomic E-state index is 0.0422. The molecule has 0 heterocycles. The normalized spacial score (nSPS) is 10.0. The maximum Gasteiger partial charge on any atom is 0.308 e. The van der Waals surface area contributed by atoms with Crippen LogP contribution in [0, 0.1) is 3.57 Å². The maximum atomic E-state index is 12.3. The van der Waals surface area contributed by atoms with Crippen molar-refractivity contribution in [3.05, 3.63) is 63.2 Å². The molecule has 0 radical (unpaired) electrons. The van der Waals surface area contributed by atoms with Crippen LogP contribution in [0.1, 0.15) is 22.8 Å². The standard InChI is InChI=1S/C15H11IO3/c1-10(17)19-12-8-6-11(7-9-12)15(18)13-4-2-3-5-14(13)16/h2-9H,1H3. The van der Waals surface area contributed by atoms with Crippen LogP contribution in [0.5, 0.6) is 5.75 Å². The summed E-state index contributed by atoms with van der Waals surface area (Å²) in [6.45, 7) is 1.34. The van der Waals surface area contributed by atoms with Crippen LogP contribution in [0.15, 0.2) is 48.5 Å². The first kappa shape index (κ1) is 13.7. The van der Waals surface area contributed by atoms with Crippen molar-refractivity contribution in [3.8, 4) is 5.75 Å². The van der Waals surface area contributed by atoms with E-state index in [0.717, 1.165) is 3.57 Å². The molecule has 0 aromatic heterocycles. The van der Waals surface area contributed by atoms with Crippen molar-refractivity contribution in [1.82, 2.24) is 0 Å². The maximum absolute atomic E-state index is 12.3. The van der Waals surface area contributed by atoms with E-state index in [1.165, 1.54) is 6.92 Å². The average Bonchev–Trinajstić information content (AvgIpc) is 2.39. The van der Waals surface area contributed by atoms with E-state index < -0.39 is 0 Å². The summed E-state index contributed by atoms with van der Waals surface area (Å²) in [4.78, 5) is 23.1. The van der Waals surface area contributed by atoms with Crippen LogP contribution in [0.3, 0.4) is 0 Å². The van der Waals surface area contributed by atoms with E-state index in [0.29, 0.717) is 16.9 Å². The topological polar surface area (TPSA) is 43.4 Å². The quantitative estimate of drug-likeness (QED) is 0.362. The predicted molar refractivity (Wildman–Crippen MR) is 80.3 cm³/mol. The Morgan fingerprint density at radius 1 is 1.00 bits per heavy atom. The molecule has 3 nitrogen and oxygen atoms in total. The second kappa shape index (κ2) is 5.97. The molecule has 0 aliphatic carbocycles. The SMILES string of the molecule is CC(=O)Oc1ccc(C(=O)c2ccccc2I)cc1. The Bertz CT molecular complexity index is 618. The van der Waals surface area contributed by atoms with Gasteiger partial charge in [-0.25, -0.2) is 0 Å². The predicted octanol–water partition coefficient (Wildman–Crippen LogP) is 3.45. The number of rotatable bonds is 3. The van der Waals surface area contributed by atoms with Gasteiger partial charge in [-0.3, -0.25) is 9.59 Å². The lowest BCUT2D eigenvalue weighted by molar-refractivity contribution is -0.131. The Kier molecular flexibility index (Phi) is 4.31. The van der Waals surface area contributed by atoms with Crippen molar-refractivity contribution in [2.45, 2.75) is 6.92 Å². The van der Waals surface area contributed by atoms with Gasteiger partial charge in [0.15, 0.2) is 5.78 Å². The third-order valence-corrected chi connectivity index (χ3v) is 3.44. The highest BCUT2D eigenvalue weighted by molar-refractivity contribution is 14.1. The lowest BCUT2D eigenvalue weighted by atomic mass is 10.0. The Labute approximate surface area is 124 Å². The summed E-state index contributed by atoms with van der Waals surface area (Å²) >= 11 is 2.13. The van der Waals surface area contributed by atoms with E-state index in [9.17, 15) is 9.59 Å². The first-order valence-electron chi connectivity index (χ1n) is 5.65. The van der Waals surface area contributed by atoms with Crippen molar-refractivity contribution in [1.29, 1.82) is 0 Å². The number of hydrogen-bond donors (Lipinski definition) is 0. The van der Waals surface area contributed by atoms with Gasteiger partial charge in [-0.05, 0) is 59.0 Å². The molecule has 2 rings (SSSR count). The van der Waals surface area contributed by atoms with Gasteiger partial charge in [-0.1, -0.05) is 12.1 Å². The highest BCUT2D eigenvalue weighted by atomic mass is 127. The summed E-state index contributed by atoms with van der Waals surface area (Å²) in [5.41, 5.74) is 1.24. The van der Waals surface area contributed by atoms with E-state index in [2.05, 4.69) is 22.6 Å². The summed E-state index contributed by atoms with van der Waals surface area (Å²) in [5.74, 6) is 0.0165. The summed E-state index contributed by atoms with van der Waals surface area (Å²) in [6.07, 6.45) is 0. The monoisotopic (exact) mass is 366 g/mol. The summed E-state index contributed by atoms with van der Waals surface area (Å²) in [6, 6.07) is 14.0. The molecule has 0 saturated carbocycles. The summed E-state index contributed by atoms with van der Waals surface area (Å²) < 4.78 is 5.84. The number of benzene rings is 2. The third kappa shape index (κ3) is 3.41. The minimum Gasteiger partial charge on any atom is -0.427 e. The van der Waals surface area contributed by atoms with Crippen molar-refractivity contribution in [2.75, 3.05) is 0 Å². The van der Waals surface area contributed by atoms with Crippen molar-refractivity contribution in [2.24, 2.45) is 0 Å². The van der Waals surface area contributed by atoms with Gasteiger partial charge in [0.25, 0.3) is 0 Å². The molecule has 0 atom stereocenters. The summed E-state index contributed by atoms with van der Waals surface area (Å²) in [7, 11) is 0. The first-order valence-corrected chi connectivity index (χ1v) is 6.73. The molecule has 2 aromatic carbocycles. The molecule has 0 bridgehead atoms. The van der Waals surface area contributed by atoms with Crippen LogP contribution in [0.25, 0.3) is 0 Å². The molecule has 19 heavy (non-hydrogen) atoms. The van der Waals surface area contributed by atoms with E-state index in [1.54, 1.807) is 30.3 Å². The van der Waals surface area contributed by atoms with Gasteiger partial charge in [-0.2, -0.15) is 0 Å². The Hall–Kier alpha value is -1.69. The number of ether oxygens (including phenoxy) is 1. The fourth-order valence-electron chi connectivity index (χ4n) is 1.64. The molecule has 0 amide bonds. The molecule has 4 heteroatoms. The number of hydrogen-bond acceptors (Lipinski definition) is 3. The lowest BCUT2D eigenvalue weighted by Crippen LogP contribution is -2.04. The molecular weight excluding hydrogens is 355 g/mol. The van der Waals surface area contributed by atoms with Crippen molar-refractivity contribution < 1.29 is 14.3 Å². The van der Waals surface area contributed by atoms with Crippen molar-refractivity contribution in [3.63, 3.8) is 0 Å². The van der Waals surface area contributed by atoms with Gasteiger partial charge in [0.1, 0.15) is 5.75 Å². The zero-order valence-corrected chi connectivity index (χ0v) is 12.4. The van der Waals surface area contributed by atoms with Gasteiger partial charge in [0.2, 0.25) is 0 Å². The van der Waals surface area contributed by atoms with Crippen LogP contribution in [0.4, 0.5) is 0 Å². The second-order valence-electron chi connectivity index (χ2n) is 3.93. The number of carbonyl (C=O) groups excluding carboxylic acids is 2. The van der Waals surface area contributed by atoms with Crippen LogP contribution in [-0.4, -0.2) is 11.8 Å². The Morgan fingerprint density at radius 3 is 2.21 bits per heavy atom. The van der Waals surface area contributed by atoms with Crippen LogP contribution < -0.4 is 4.74 Å². The fourth-order valence-corrected chi connectivity index (χ4v) is 2.27. The van der Waals surface area contributed by atoms with E-state index >= 15 is 0 Å². The van der Waals surface area contributed by atoms with Crippen LogP contribution in [0.2, 0.25) is 0 Å². The van der Waals surface area contributed by atoms with Crippen LogP contribution >= 0.6 is 22.6 Å². The van der Waals surface area contributed by atoms with Gasteiger partial charge >= 0.3 is 5.97 Å². The van der Waals surface area contributed by atoms with Gasteiger partial charge in [0.05, 0.1) is 0 Å². The molecule has 0 saturated heterocycles. The molecular formula is C15H11IO3. The average molecular weight is 366 g/mol. The van der Waals surface area contributed by atoms with Gasteiger partial charge < -0.3 is 4.74 Å². The molecule has 0 unspecified atom stereocenters. The molecule has 0 aliphatic heterocycles. The van der Waals surface area contributed by atoms with E-state index in [4.69, 9.17) is 4.74 Å². The zero-order chi connectivity index (χ0) is 13.8. The zero-order valence-electron chi connectivity index (χ0n) is 10.2. The minimum atomic E-state index is -0.378. The van der Waals surface area contributed by atoms with Crippen LogP contribution in [-0.2, 0) is 4.79 Å². The number of halogens is 1. The van der Waals surface area contributed by atoms with E-state index in [-0.39, 0.29) is 11.8 Å². The number of esters is 1. The van der Waals surface area contributed by atoms with Crippen molar-refractivity contribution >= 4 is 34.3 Å². The first-order chi connectivity index (χ1) is 9.08. The molecule has 0 spiro atoms. The number of ketones is 1. The molecule has 2 aromatic rings. The Balaban J connectivity index is 2.25. The number of carbonyl (C=O) groups is 2. The smallest absolute Gasteiger partial charge is 0.308 e. The Morgan fingerprint density at radius 2 is 1.63 bits per heavy atom. The highest BCUT2D eigenvalue weighted by Crippen LogP contribution is 2.19. The molecule has 0 fully saturated rings. The van der Waals surface area contributed by atoms with Gasteiger partial charge in [0, 0.05) is 21.6 Å². The fraction of sp³-hybridized carbons (Fsp3) is 0.0667. The lowest BCUT2D eigenvalue weighted by Gasteiger charge is -2.05. The third-order valence-electron chi connectivity index (χ3n) is 2.50. The summed E-state index contributed by atoms with van der Waals surface area (Å²) in [5, 5.41) is 0. The molecule has 0 aliphatic rings. The largest absolute Gasteiger partial charge is 0.427 e. The molecule has 0 N–H and O–H groups in total. The highest BCUT2D eigenvalue weighted by Gasteiger charge is 2.12. The van der Waals surface area contributed by atoms with E-state index in [1.807, 2.05) is 18.2 Å². The molecule has 96 valence electrons. The van der Waals surface area contributed by atoms with Gasteiger partial charge in [-0.15, -0.1) is 0 Å².